The maximum absolute atomic E-state index is 11.2. The molecule has 0 radical (unpaired) electrons. The van der Waals surface area contributed by atoms with E-state index in [9.17, 15) is 9.59 Å². The molecule has 0 amide bonds. The first kappa shape index (κ1) is 41.0. The van der Waals surface area contributed by atoms with Crippen LogP contribution in [0.2, 0.25) is 0 Å². The minimum absolute atomic E-state index is 0.365. The Kier molecular flexibility index (Phi) is 23.8. The van der Waals surface area contributed by atoms with Gasteiger partial charge in [-0.25, -0.2) is 9.59 Å². The van der Waals surface area contributed by atoms with Crippen LogP contribution in [0.4, 0.5) is 11.4 Å². The minimum Gasteiger partial charge on any atom is -0.462 e. The van der Waals surface area contributed by atoms with Gasteiger partial charge in [-0.05, 0) is 38.1 Å². The van der Waals surface area contributed by atoms with Crippen LogP contribution < -0.4 is 11.5 Å². The fourth-order valence-corrected chi connectivity index (χ4v) is 2.32. The van der Waals surface area contributed by atoms with Crippen LogP contribution in [-0.4, -0.2) is 126 Å². The number of ether oxygens (including phenoxy) is 2. The molecule has 0 bridgehead atoms. The molecule has 44 heavy (non-hydrogen) atoms. The van der Waals surface area contributed by atoms with Crippen molar-refractivity contribution in [1.29, 1.82) is 0 Å². The summed E-state index contributed by atoms with van der Waals surface area (Å²) in [5.74, 6) is -0.730. The third kappa shape index (κ3) is 23.6. The van der Waals surface area contributed by atoms with E-state index in [-0.39, 0.29) is 11.9 Å². The molecular formula is C30H50N10O4. The summed E-state index contributed by atoms with van der Waals surface area (Å²) in [6, 6.07) is 13.7. The van der Waals surface area contributed by atoms with Crippen molar-refractivity contribution in [3.05, 3.63) is 59.7 Å². The van der Waals surface area contributed by atoms with Gasteiger partial charge in [-0.2, -0.15) is 0 Å². The van der Waals surface area contributed by atoms with Crippen LogP contribution in [0, 0.1) is 0 Å². The largest absolute Gasteiger partial charge is 0.462 e. The number of nitrogens with zero attached hydrogens (tertiary/aromatic N) is 8. The van der Waals surface area contributed by atoms with E-state index in [1.54, 1.807) is 87.7 Å². The van der Waals surface area contributed by atoms with Crippen molar-refractivity contribution in [2.75, 3.05) is 81.1 Å². The molecule has 0 spiro atoms. The van der Waals surface area contributed by atoms with Crippen molar-refractivity contribution >= 4 is 48.7 Å². The molecule has 244 valence electrons. The van der Waals surface area contributed by atoms with Gasteiger partial charge in [-0.3, -0.25) is 0 Å². The molecule has 0 aromatic heterocycles. The van der Waals surface area contributed by atoms with Gasteiger partial charge < -0.3 is 40.5 Å². The van der Waals surface area contributed by atoms with E-state index in [0.29, 0.717) is 35.7 Å². The second-order valence-electron chi connectivity index (χ2n) is 9.39. The molecule has 14 nitrogen and oxygen atoms in total. The Morgan fingerprint density at radius 2 is 0.818 bits per heavy atom. The van der Waals surface area contributed by atoms with Gasteiger partial charge in [0.15, 0.2) is 0 Å². The van der Waals surface area contributed by atoms with Crippen molar-refractivity contribution in [2.24, 2.45) is 20.4 Å². The van der Waals surface area contributed by atoms with Gasteiger partial charge in [-0.1, -0.05) is 24.3 Å². The first-order chi connectivity index (χ1) is 20.8. The zero-order chi connectivity index (χ0) is 33.9. The van der Waals surface area contributed by atoms with Crippen LogP contribution in [0.15, 0.2) is 68.9 Å². The molecule has 2 aromatic carbocycles. The highest BCUT2D eigenvalue weighted by Crippen LogP contribution is 2.12. The van der Waals surface area contributed by atoms with Crippen molar-refractivity contribution in [3.63, 3.8) is 0 Å². The summed E-state index contributed by atoms with van der Waals surface area (Å²) in [4.78, 5) is 29.6. The smallest absolute Gasteiger partial charge is 0.340 e. The lowest BCUT2D eigenvalue weighted by molar-refractivity contribution is 0.0518. The maximum atomic E-state index is 11.2. The van der Waals surface area contributed by atoms with Crippen LogP contribution >= 0.6 is 0 Å². The van der Waals surface area contributed by atoms with E-state index in [0.717, 1.165) is 0 Å². The average molecular weight is 615 g/mol. The number of benzene rings is 2. The molecule has 0 aliphatic heterocycles. The zero-order valence-electron chi connectivity index (χ0n) is 27.7. The monoisotopic (exact) mass is 614 g/mol. The average Bonchev–Trinajstić information content (AvgIpc) is 2.95. The molecular weight excluding hydrogens is 564 g/mol. The number of carbonyl (C=O) groups is 2. The second kappa shape index (κ2) is 25.6. The van der Waals surface area contributed by atoms with Crippen molar-refractivity contribution in [3.8, 4) is 0 Å². The summed E-state index contributed by atoms with van der Waals surface area (Å²) >= 11 is 0. The fraction of sp³-hybridized carbons (Fsp3) is 0.400. The molecule has 0 aliphatic carbocycles. The molecule has 0 heterocycles. The predicted octanol–water partition coefficient (Wildman–Crippen LogP) is 3.05. The molecule has 2 aromatic rings. The van der Waals surface area contributed by atoms with Gasteiger partial charge in [0.2, 0.25) is 0 Å². The molecule has 14 heteroatoms. The number of nitrogens with two attached hydrogens (primary N) is 2. The molecule has 2 rings (SSSR count). The number of para-hydroxylation sites is 2. The van der Waals surface area contributed by atoms with Gasteiger partial charge >= 0.3 is 11.9 Å². The summed E-state index contributed by atoms with van der Waals surface area (Å²) in [6.45, 7) is 4.26. The second-order valence-corrected chi connectivity index (χ2v) is 9.39. The van der Waals surface area contributed by atoms with Crippen LogP contribution in [0.25, 0.3) is 0 Å². The van der Waals surface area contributed by atoms with Gasteiger partial charge in [-0.15, -0.1) is 20.4 Å². The first-order valence-electron chi connectivity index (χ1n) is 13.6. The quantitative estimate of drug-likeness (QED) is 0.133. The number of hydrogen-bond acceptors (Lipinski definition) is 10. The number of carbonyl (C=O) groups excluding carboxylic acids is 2. The Labute approximate surface area is 262 Å². The summed E-state index contributed by atoms with van der Waals surface area (Å²) in [5, 5.41) is 15.0. The van der Waals surface area contributed by atoms with Crippen molar-refractivity contribution in [1.82, 2.24) is 19.6 Å². The molecule has 0 aliphatic rings. The Morgan fingerprint density at radius 3 is 1.02 bits per heavy atom. The summed E-state index contributed by atoms with van der Waals surface area (Å²) in [5.41, 5.74) is 12.9. The van der Waals surface area contributed by atoms with Crippen LogP contribution in [0.1, 0.15) is 34.6 Å². The maximum Gasteiger partial charge on any atom is 0.340 e. The lowest BCUT2D eigenvalue weighted by atomic mass is 10.2. The van der Waals surface area contributed by atoms with Gasteiger partial charge in [0, 0.05) is 67.8 Å². The van der Waals surface area contributed by atoms with E-state index in [1.165, 1.54) is 0 Å². The minimum atomic E-state index is -0.365. The zero-order valence-corrected chi connectivity index (χ0v) is 27.7. The van der Waals surface area contributed by atoms with E-state index in [2.05, 4.69) is 20.4 Å². The molecule has 0 saturated heterocycles. The number of anilines is 2. The van der Waals surface area contributed by atoms with Crippen molar-refractivity contribution in [2.45, 2.75) is 13.8 Å². The Bertz CT molecular complexity index is 1060. The van der Waals surface area contributed by atoms with Crippen LogP contribution in [0.3, 0.4) is 0 Å². The standard InChI is InChI=1S/2C9H11NO2.2C6H14N4/c2*1-2-12-9(11)7-5-3-4-6-8(7)10;2*1-9(2)5-7-8-6-10(3)4/h2*3-6H,2,10H2,1H3;2*5-6H,1-4H3/b;;2*7-5+,8-6+. The molecule has 0 saturated carbocycles. The number of esters is 2. The molecule has 0 unspecified atom stereocenters. The lowest BCUT2D eigenvalue weighted by Crippen LogP contribution is -2.09. The Balaban J connectivity index is 0. The molecule has 0 atom stereocenters. The lowest BCUT2D eigenvalue weighted by Gasteiger charge is -2.03. The van der Waals surface area contributed by atoms with Crippen LogP contribution in [0.5, 0.6) is 0 Å². The fourth-order valence-electron chi connectivity index (χ4n) is 2.32. The summed E-state index contributed by atoms with van der Waals surface area (Å²) in [7, 11) is 15.2. The summed E-state index contributed by atoms with van der Waals surface area (Å²) < 4.78 is 9.58. The summed E-state index contributed by atoms with van der Waals surface area (Å²) in [6.07, 6.45) is 6.56. The highest BCUT2D eigenvalue weighted by molar-refractivity contribution is 5.95. The van der Waals surface area contributed by atoms with Crippen molar-refractivity contribution < 1.29 is 19.1 Å². The van der Waals surface area contributed by atoms with E-state index >= 15 is 0 Å². The highest BCUT2D eigenvalue weighted by atomic mass is 16.5. The first-order valence-corrected chi connectivity index (χ1v) is 13.6. The third-order valence-corrected chi connectivity index (χ3v) is 4.18. The number of nitrogen functional groups attached to an aromatic ring is 2. The molecule has 4 N–H and O–H groups in total. The highest BCUT2D eigenvalue weighted by Gasteiger charge is 2.09. The van der Waals surface area contributed by atoms with Gasteiger partial charge in [0.25, 0.3) is 0 Å². The van der Waals surface area contributed by atoms with Gasteiger partial charge in [0.05, 0.1) is 24.3 Å². The van der Waals surface area contributed by atoms with Crippen LogP contribution in [-0.2, 0) is 9.47 Å². The Morgan fingerprint density at radius 1 is 0.568 bits per heavy atom. The normalized spacial score (nSPS) is 10.2. The Hall–Kier alpha value is -5.14. The topological polar surface area (TPSA) is 167 Å². The van der Waals surface area contributed by atoms with E-state index < -0.39 is 0 Å². The van der Waals surface area contributed by atoms with E-state index in [4.69, 9.17) is 20.9 Å². The van der Waals surface area contributed by atoms with E-state index in [1.807, 2.05) is 76.0 Å². The SMILES string of the molecule is CCOC(=O)c1ccccc1N.CCOC(=O)c1ccccc1N.CN(C)/C=N/N=C/N(C)C.CN(C)/C=N/N=C/N(C)C. The predicted molar refractivity (Wildman–Crippen MR) is 182 cm³/mol. The molecule has 0 fully saturated rings. The number of hydrogen-bond donors (Lipinski definition) is 2. The third-order valence-electron chi connectivity index (χ3n) is 4.18. The number of rotatable bonds is 10. The van der Waals surface area contributed by atoms with Gasteiger partial charge in [0.1, 0.15) is 25.4 Å².